The smallest absolute Gasteiger partial charge is 0.416 e. The lowest BCUT2D eigenvalue weighted by molar-refractivity contribution is -0.895. The fourth-order valence-electron chi connectivity index (χ4n) is 2.98. The molecule has 0 saturated carbocycles. The minimum atomic E-state index is -3.49. The zero-order chi connectivity index (χ0) is 18.6. The number of cyclic esters (lactones) is 1. The van der Waals surface area contributed by atoms with Gasteiger partial charge in [-0.05, 0) is 11.6 Å². The number of nitrogens with zero attached hydrogens (tertiary/aromatic N) is 2. The topological polar surface area (TPSA) is 88.4 Å². The van der Waals surface area contributed by atoms with Gasteiger partial charge in [0.05, 0.1) is 32.7 Å². The molecule has 1 N–H and O–H groups in total. The Morgan fingerprint density at radius 2 is 1.85 bits per heavy atom. The highest BCUT2D eigenvalue weighted by molar-refractivity contribution is 7.92. The fourth-order valence-corrected chi connectivity index (χ4v) is 4.17. The minimum absolute atomic E-state index is 0.169. The molecule has 3 rings (SSSR count). The van der Waals surface area contributed by atoms with Crippen LogP contribution in [0.5, 0.6) is 0 Å². The van der Waals surface area contributed by atoms with Crippen molar-refractivity contribution in [2.45, 2.75) is 0 Å². The van der Waals surface area contributed by atoms with E-state index in [1.54, 1.807) is 6.08 Å². The van der Waals surface area contributed by atoms with Crippen molar-refractivity contribution < 1.29 is 27.6 Å². The van der Waals surface area contributed by atoms with Crippen molar-refractivity contribution in [1.82, 2.24) is 9.21 Å². The van der Waals surface area contributed by atoms with Gasteiger partial charge in [0.1, 0.15) is 6.61 Å². The lowest BCUT2D eigenvalue weighted by atomic mass is 10.2. The first-order valence-corrected chi connectivity index (χ1v) is 10.00. The molecule has 140 valence electrons. The Bertz CT molecular complexity index is 786. The average Bonchev–Trinajstić information content (AvgIpc) is 3.07. The number of hydrogen-bond acceptors (Lipinski definition) is 5. The molecule has 2 amide bonds. The van der Waals surface area contributed by atoms with Crippen LogP contribution in [0.4, 0.5) is 4.79 Å². The van der Waals surface area contributed by atoms with Gasteiger partial charge in [0.2, 0.25) is 10.0 Å². The zero-order valence-electron chi connectivity index (χ0n) is 14.3. The molecule has 1 aromatic carbocycles. The van der Waals surface area contributed by atoms with Gasteiger partial charge in [-0.3, -0.25) is 4.79 Å². The van der Waals surface area contributed by atoms with E-state index in [0.29, 0.717) is 26.2 Å². The van der Waals surface area contributed by atoms with Crippen molar-refractivity contribution >= 4 is 28.1 Å². The number of hydrogen-bond donors (Lipinski definition) is 1. The van der Waals surface area contributed by atoms with Crippen LogP contribution >= 0.6 is 0 Å². The molecular formula is C17H22N3O5S+. The van der Waals surface area contributed by atoms with Gasteiger partial charge in [0.25, 0.3) is 5.91 Å². The molecule has 1 aromatic rings. The summed E-state index contributed by atoms with van der Waals surface area (Å²) in [6.07, 6.45) is 0.985. The molecule has 0 aliphatic carbocycles. The van der Waals surface area contributed by atoms with E-state index in [-0.39, 0.29) is 25.6 Å². The third-order valence-electron chi connectivity index (χ3n) is 4.48. The van der Waals surface area contributed by atoms with Crippen molar-refractivity contribution in [2.75, 3.05) is 45.9 Å². The largest absolute Gasteiger partial charge is 0.447 e. The summed E-state index contributed by atoms with van der Waals surface area (Å²) < 4.78 is 31.1. The molecule has 0 spiro atoms. The Morgan fingerprint density at radius 3 is 2.46 bits per heavy atom. The normalized spacial score (nSPS) is 19.8. The summed E-state index contributed by atoms with van der Waals surface area (Å²) in [5, 5.41) is 1.22. The molecule has 0 radical (unpaired) electrons. The predicted molar refractivity (Wildman–Crippen MR) is 94.6 cm³/mol. The van der Waals surface area contributed by atoms with Gasteiger partial charge in [-0.1, -0.05) is 30.3 Å². The van der Waals surface area contributed by atoms with Crippen LogP contribution < -0.4 is 4.90 Å². The molecule has 0 bridgehead atoms. The van der Waals surface area contributed by atoms with Crippen molar-refractivity contribution in [1.29, 1.82) is 0 Å². The lowest BCUT2D eigenvalue weighted by Crippen LogP contribution is -3.15. The number of quaternary nitrogens is 1. The van der Waals surface area contributed by atoms with Crippen LogP contribution in [0.1, 0.15) is 5.56 Å². The highest BCUT2D eigenvalue weighted by atomic mass is 32.2. The van der Waals surface area contributed by atoms with Crippen molar-refractivity contribution in [3.8, 4) is 0 Å². The summed E-state index contributed by atoms with van der Waals surface area (Å²) in [6, 6.07) is 9.24. The van der Waals surface area contributed by atoms with E-state index in [4.69, 9.17) is 4.74 Å². The third kappa shape index (κ3) is 4.48. The number of benzene rings is 1. The Labute approximate surface area is 152 Å². The highest BCUT2D eigenvalue weighted by Crippen LogP contribution is 2.08. The van der Waals surface area contributed by atoms with Crippen LogP contribution in [0.2, 0.25) is 0 Å². The molecule has 2 saturated heterocycles. The Morgan fingerprint density at radius 1 is 1.15 bits per heavy atom. The number of sulfonamides is 1. The lowest BCUT2D eigenvalue weighted by Gasteiger charge is -2.30. The number of piperazine rings is 1. The second-order valence-corrected chi connectivity index (χ2v) is 8.06. The molecule has 0 unspecified atom stereocenters. The second-order valence-electron chi connectivity index (χ2n) is 6.24. The number of imide groups is 1. The standard InChI is InChI=1S/C17H21N3O5S/c21-16(20-11-12-25-17(20)22)14-18-7-9-19(10-8-18)26(23,24)13-6-15-4-2-1-3-5-15/h1-6,13H,7-12,14H2/p+1/b13-6+. The SMILES string of the molecule is O=C(C[NH+]1CCN(S(=O)(=O)/C=C/c2ccccc2)CC1)N1CCOC1=O. The first-order chi connectivity index (χ1) is 12.5. The van der Waals surface area contributed by atoms with Crippen molar-refractivity contribution in [3.63, 3.8) is 0 Å². The summed E-state index contributed by atoms with van der Waals surface area (Å²) in [7, 11) is -3.49. The van der Waals surface area contributed by atoms with Gasteiger partial charge in [0, 0.05) is 5.41 Å². The Hall–Kier alpha value is -2.23. The Kier molecular flexibility index (Phi) is 5.70. The summed E-state index contributed by atoms with van der Waals surface area (Å²) in [6.45, 7) is 2.42. The predicted octanol–water partition coefficient (Wildman–Crippen LogP) is -0.834. The maximum atomic E-state index is 12.4. The minimum Gasteiger partial charge on any atom is -0.447 e. The number of ether oxygens (including phenoxy) is 1. The fraction of sp³-hybridized carbons (Fsp3) is 0.412. The summed E-state index contributed by atoms with van der Waals surface area (Å²) >= 11 is 0. The Balaban J connectivity index is 1.52. The molecular weight excluding hydrogens is 358 g/mol. The molecule has 26 heavy (non-hydrogen) atoms. The van der Waals surface area contributed by atoms with Crippen LogP contribution in [-0.4, -0.2) is 75.5 Å². The second kappa shape index (κ2) is 7.98. The average molecular weight is 380 g/mol. The van der Waals surface area contributed by atoms with Crippen LogP contribution in [0.25, 0.3) is 6.08 Å². The van der Waals surface area contributed by atoms with Crippen LogP contribution in [0.15, 0.2) is 35.7 Å². The van der Waals surface area contributed by atoms with Crippen LogP contribution in [-0.2, 0) is 19.6 Å². The summed E-state index contributed by atoms with van der Waals surface area (Å²) in [5.41, 5.74) is 0.823. The number of carbonyl (C=O) groups is 2. The quantitative estimate of drug-likeness (QED) is 0.720. The first kappa shape index (κ1) is 18.6. The van der Waals surface area contributed by atoms with E-state index in [1.165, 1.54) is 9.71 Å². The zero-order valence-corrected chi connectivity index (χ0v) is 15.2. The van der Waals surface area contributed by atoms with Gasteiger partial charge >= 0.3 is 6.09 Å². The molecule has 2 aliphatic heterocycles. The summed E-state index contributed by atoms with van der Waals surface area (Å²) in [5.74, 6) is -0.275. The molecule has 8 nitrogen and oxygen atoms in total. The number of carbonyl (C=O) groups excluding carboxylic acids is 2. The number of nitrogens with one attached hydrogen (secondary N) is 1. The third-order valence-corrected chi connectivity index (χ3v) is 6.05. The van der Waals surface area contributed by atoms with Crippen LogP contribution in [0, 0.1) is 0 Å². The van der Waals surface area contributed by atoms with E-state index < -0.39 is 16.1 Å². The van der Waals surface area contributed by atoms with Gasteiger partial charge in [-0.15, -0.1) is 0 Å². The molecule has 0 atom stereocenters. The molecule has 0 aromatic heterocycles. The maximum Gasteiger partial charge on any atom is 0.416 e. The monoisotopic (exact) mass is 380 g/mol. The summed E-state index contributed by atoms with van der Waals surface area (Å²) in [4.78, 5) is 25.6. The van der Waals surface area contributed by atoms with Gasteiger partial charge in [-0.2, -0.15) is 4.31 Å². The number of rotatable bonds is 5. The maximum absolute atomic E-state index is 12.4. The van der Waals surface area contributed by atoms with Gasteiger partial charge in [-0.25, -0.2) is 18.1 Å². The molecule has 9 heteroatoms. The van der Waals surface area contributed by atoms with Crippen LogP contribution in [0.3, 0.4) is 0 Å². The van der Waals surface area contributed by atoms with Gasteiger partial charge in [0.15, 0.2) is 6.54 Å². The van der Waals surface area contributed by atoms with E-state index in [2.05, 4.69) is 0 Å². The van der Waals surface area contributed by atoms with E-state index in [0.717, 1.165) is 15.4 Å². The first-order valence-electron chi connectivity index (χ1n) is 8.50. The number of amides is 2. The van der Waals surface area contributed by atoms with Gasteiger partial charge < -0.3 is 9.64 Å². The molecule has 2 aliphatic rings. The highest BCUT2D eigenvalue weighted by Gasteiger charge is 2.33. The molecule has 2 fully saturated rings. The van der Waals surface area contributed by atoms with Crippen molar-refractivity contribution in [3.05, 3.63) is 41.3 Å². The van der Waals surface area contributed by atoms with E-state index in [9.17, 15) is 18.0 Å². The molecule has 2 heterocycles. The van der Waals surface area contributed by atoms with E-state index in [1.807, 2.05) is 30.3 Å². The van der Waals surface area contributed by atoms with Crippen molar-refractivity contribution in [2.24, 2.45) is 0 Å². The van der Waals surface area contributed by atoms with E-state index >= 15 is 0 Å².